The van der Waals surface area contributed by atoms with Gasteiger partial charge in [0.05, 0.1) is 35.1 Å². The van der Waals surface area contributed by atoms with E-state index in [4.69, 9.17) is 16.3 Å². The molecule has 1 atom stereocenters. The average Bonchev–Trinajstić information content (AvgIpc) is 3.33. The van der Waals surface area contributed by atoms with Gasteiger partial charge in [-0.25, -0.2) is 14.8 Å². The largest absolute Gasteiger partial charge is 0.453 e. The van der Waals surface area contributed by atoms with Crippen LogP contribution in [-0.4, -0.2) is 32.3 Å². The standard InChI is InChI=1S/C25H20ClN5O4/c1-31-19-8-7-15(29-23(32)11-20-16-4-2-3-5-17(16)25(34)35-20)10-18(19)30-22(31)13-28-24(33)14-6-9-21(26)27-12-14/h2-10,12,20H,11,13H2,1H3,(H,28,33)(H,29,32)/t20-/m0/s1. The summed E-state index contributed by atoms with van der Waals surface area (Å²) in [6.07, 6.45) is 0.815. The van der Waals surface area contributed by atoms with Crippen molar-refractivity contribution in [2.45, 2.75) is 19.1 Å². The Kier molecular flexibility index (Phi) is 5.92. The second-order valence-corrected chi connectivity index (χ2v) is 8.46. The first kappa shape index (κ1) is 22.5. The predicted octanol–water partition coefficient (Wildman–Crippen LogP) is 3.79. The number of hydrogen-bond donors (Lipinski definition) is 2. The minimum absolute atomic E-state index is 0.0137. The molecule has 0 saturated carbocycles. The van der Waals surface area contributed by atoms with Gasteiger partial charge in [-0.05, 0) is 36.4 Å². The zero-order valence-corrected chi connectivity index (χ0v) is 19.4. The Morgan fingerprint density at radius 2 is 1.97 bits per heavy atom. The number of rotatable bonds is 6. The number of nitrogens with one attached hydrogen (secondary N) is 2. The number of pyridine rings is 1. The third kappa shape index (κ3) is 4.58. The Morgan fingerprint density at radius 3 is 2.77 bits per heavy atom. The van der Waals surface area contributed by atoms with E-state index in [1.54, 1.807) is 42.5 Å². The Balaban J connectivity index is 1.25. The monoisotopic (exact) mass is 489 g/mol. The summed E-state index contributed by atoms with van der Waals surface area (Å²) in [6.45, 7) is 0.209. The van der Waals surface area contributed by atoms with Gasteiger partial charge in [-0.2, -0.15) is 0 Å². The lowest BCUT2D eigenvalue weighted by atomic mass is 10.0. The van der Waals surface area contributed by atoms with Crippen LogP contribution in [0.15, 0.2) is 60.8 Å². The van der Waals surface area contributed by atoms with Crippen LogP contribution in [-0.2, 0) is 23.1 Å². The number of anilines is 1. The zero-order chi connectivity index (χ0) is 24.5. The maximum absolute atomic E-state index is 12.6. The number of aromatic nitrogens is 3. The van der Waals surface area contributed by atoms with Gasteiger partial charge in [0, 0.05) is 24.5 Å². The lowest BCUT2D eigenvalue weighted by Crippen LogP contribution is -2.24. The molecule has 0 saturated heterocycles. The van der Waals surface area contributed by atoms with E-state index in [-0.39, 0.29) is 24.8 Å². The molecule has 9 nitrogen and oxygen atoms in total. The van der Waals surface area contributed by atoms with E-state index in [0.29, 0.717) is 38.9 Å². The van der Waals surface area contributed by atoms with Gasteiger partial charge in [0.2, 0.25) is 5.91 Å². The first-order valence-corrected chi connectivity index (χ1v) is 11.2. The molecule has 10 heteroatoms. The lowest BCUT2D eigenvalue weighted by Gasteiger charge is -2.11. The molecule has 2 aromatic carbocycles. The average molecular weight is 490 g/mol. The minimum atomic E-state index is -0.608. The van der Waals surface area contributed by atoms with Crippen LogP contribution in [0.4, 0.5) is 5.69 Å². The molecule has 2 amide bonds. The summed E-state index contributed by atoms with van der Waals surface area (Å²) in [5.74, 6) is -0.337. The molecular formula is C25H20ClN5O4. The van der Waals surface area contributed by atoms with E-state index >= 15 is 0 Å². The summed E-state index contributed by atoms with van der Waals surface area (Å²) >= 11 is 5.77. The molecule has 1 aliphatic rings. The molecule has 2 aromatic heterocycles. The van der Waals surface area contributed by atoms with Gasteiger partial charge in [0.1, 0.15) is 17.1 Å². The Labute approximate surface area is 205 Å². The fraction of sp³-hybridized carbons (Fsp3) is 0.160. The number of nitrogens with zero attached hydrogens (tertiary/aromatic N) is 3. The molecule has 0 aliphatic carbocycles. The maximum atomic E-state index is 12.6. The van der Waals surface area contributed by atoms with E-state index in [1.807, 2.05) is 23.7 Å². The summed E-state index contributed by atoms with van der Waals surface area (Å²) < 4.78 is 7.22. The van der Waals surface area contributed by atoms with E-state index in [9.17, 15) is 14.4 Å². The van der Waals surface area contributed by atoms with Gasteiger partial charge in [0.25, 0.3) is 5.91 Å². The Hall–Kier alpha value is -4.24. The number of aryl methyl sites for hydroxylation is 1. The second kappa shape index (κ2) is 9.19. The quantitative estimate of drug-likeness (QED) is 0.314. The Bertz CT molecular complexity index is 1460. The number of hydrogen-bond acceptors (Lipinski definition) is 6. The van der Waals surface area contributed by atoms with Gasteiger partial charge < -0.3 is 19.9 Å². The summed E-state index contributed by atoms with van der Waals surface area (Å²) in [7, 11) is 1.85. The highest BCUT2D eigenvalue weighted by atomic mass is 35.5. The molecule has 0 spiro atoms. The van der Waals surface area contributed by atoms with Crippen molar-refractivity contribution in [2.75, 3.05) is 5.32 Å². The van der Waals surface area contributed by atoms with Crippen molar-refractivity contribution in [3.63, 3.8) is 0 Å². The van der Waals surface area contributed by atoms with Crippen LogP contribution in [0.3, 0.4) is 0 Å². The maximum Gasteiger partial charge on any atom is 0.339 e. The lowest BCUT2D eigenvalue weighted by molar-refractivity contribution is -0.118. The van der Waals surface area contributed by atoms with Crippen LogP contribution in [0, 0.1) is 0 Å². The van der Waals surface area contributed by atoms with Gasteiger partial charge in [-0.15, -0.1) is 0 Å². The van der Waals surface area contributed by atoms with Crippen molar-refractivity contribution in [3.8, 4) is 0 Å². The smallest absolute Gasteiger partial charge is 0.339 e. The Morgan fingerprint density at radius 1 is 1.14 bits per heavy atom. The first-order chi connectivity index (χ1) is 16.9. The van der Waals surface area contributed by atoms with E-state index in [1.165, 1.54) is 6.20 Å². The minimum Gasteiger partial charge on any atom is -0.453 e. The van der Waals surface area contributed by atoms with Crippen molar-refractivity contribution < 1.29 is 19.1 Å². The zero-order valence-electron chi connectivity index (χ0n) is 18.6. The van der Waals surface area contributed by atoms with E-state index in [0.717, 1.165) is 5.52 Å². The van der Waals surface area contributed by atoms with E-state index in [2.05, 4.69) is 20.6 Å². The van der Waals surface area contributed by atoms with Crippen molar-refractivity contribution in [1.29, 1.82) is 0 Å². The molecule has 0 bridgehead atoms. The van der Waals surface area contributed by atoms with Gasteiger partial charge in [0.15, 0.2) is 0 Å². The van der Waals surface area contributed by atoms with Crippen LogP contribution >= 0.6 is 11.6 Å². The number of ether oxygens (including phenoxy) is 1. The third-order valence-electron chi connectivity index (χ3n) is 5.80. The number of imidazole rings is 1. The molecular weight excluding hydrogens is 470 g/mol. The molecule has 1 aliphatic heterocycles. The highest BCUT2D eigenvalue weighted by Crippen LogP contribution is 2.33. The highest BCUT2D eigenvalue weighted by molar-refractivity contribution is 6.29. The molecule has 0 radical (unpaired) electrons. The van der Waals surface area contributed by atoms with Crippen molar-refractivity contribution in [3.05, 3.63) is 88.5 Å². The molecule has 176 valence electrons. The van der Waals surface area contributed by atoms with Gasteiger partial charge in [-0.3, -0.25) is 9.59 Å². The van der Waals surface area contributed by atoms with Crippen LogP contribution in [0.2, 0.25) is 5.15 Å². The predicted molar refractivity (Wildman–Crippen MR) is 129 cm³/mol. The van der Waals surface area contributed by atoms with E-state index < -0.39 is 12.1 Å². The third-order valence-corrected chi connectivity index (χ3v) is 6.03. The molecule has 0 unspecified atom stereocenters. The summed E-state index contributed by atoms with van der Waals surface area (Å²) in [6, 6.07) is 15.6. The van der Waals surface area contributed by atoms with Crippen molar-refractivity contribution in [2.24, 2.45) is 7.05 Å². The molecule has 5 rings (SSSR count). The summed E-state index contributed by atoms with van der Waals surface area (Å²) in [5, 5.41) is 5.98. The van der Waals surface area contributed by atoms with Crippen LogP contribution in [0.25, 0.3) is 11.0 Å². The van der Waals surface area contributed by atoms with Crippen molar-refractivity contribution >= 4 is 46.1 Å². The molecule has 3 heterocycles. The number of benzene rings is 2. The normalized spacial score (nSPS) is 14.5. The first-order valence-electron chi connectivity index (χ1n) is 10.8. The molecule has 2 N–H and O–H groups in total. The SMILES string of the molecule is Cn1c(CNC(=O)c2ccc(Cl)nc2)nc2cc(NC(=O)C[C@@H]3OC(=O)c4ccccc43)ccc21. The molecule has 4 aromatic rings. The fourth-order valence-corrected chi connectivity index (χ4v) is 4.12. The molecule has 35 heavy (non-hydrogen) atoms. The number of cyclic esters (lactones) is 1. The van der Waals surface area contributed by atoms with Crippen molar-refractivity contribution in [1.82, 2.24) is 19.9 Å². The molecule has 0 fully saturated rings. The summed E-state index contributed by atoms with van der Waals surface area (Å²) in [4.78, 5) is 45.5. The number of amides is 2. The van der Waals surface area contributed by atoms with Crippen LogP contribution in [0.1, 0.15) is 44.6 Å². The van der Waals surface area contributed by atoms with Gasteiger partial charge >= 0.3 is 5.97 Å². The fourth-order valence-electron chi connectivity index (χ4n) is 4.01. The summed E-state index contributed by atoms with van der Waals surface area (Å²) in [5.41, 5.74) is 3.69. The second-order valence-electron chi connectivity index (χ2n) is 8.08. The van der Waals surface area contributed by atoms with Crippen LogP contribution < -0.4 is 10.6 Å². The number of fused-ring (bicyclic) bond motifs is 2. The number of carbonyl (C=O) groups excluding carboxylic acids is 3. The topological polar surface area (TPSA) is 115 Å². The van der Waals surface area contributed by atoms with Gasteiger partial charge in [-0.1, -0.05) is 29.8 Å². The number of esters is 1. The number of halogens is 1. The van der Waals surface area contributed by atoms with Crippen LogP contribution in [0.5, 0.6) is 0 Å². The highest BCUT2D eigenvalue weighted by Gasteiger charge is 2.32. The number of carbonyl (C=O) groups is 3.